The Balaban J connectivity index is 0.000000168. The van der Waals surface area contributed by atoms with Crippen LogP contribution in [0.2, 0.25) is 0 Å². The molecule has 6 aromatic heterocycles. The van der Waals surface area contributed by atoms with Gasteiger partial charge in [0.1, 0.15) is 0 Å². The van der Waals surface area contributed by atoms with Gasteiger partial charge in [0.25, 0.3) is 0 Å². The first kappa shape index (κ1) is 84.9. The van der Waals surface area contributed by atoms with E-state index in [4.69, 9.17) is 15.0 Å². The summed E-state index contributed by atoms with van der Waals surface area (Å²) in [5.74, 6) is 0. The van der Waals surface area contributed by atoms with E-state index in [0.29, 0.717) is 16.2 Å². The molecular weight excluding hydrogens is 1670 g/mol. The van der Waals surface area contributed by atoms with Gasteiger partial charge in [-0.25, -0.2) is 0 Å². The summed E-state index contributed by atoms with van der Waals surface area (Å²) in [6, 6.07) is 69.9. The molecule has 6 nitrogen and oxygen atoms in total. The topological polar surface area (TPSA) is 77.3 Å². The molecule has 105 heavy (non-hydrogen) atoms. The van der Waals surface area contributed by atoms with Gasteiger partial charge in [-0.2, -0.15) is 0 Å². The van der Waals surface area contributed by atoms with Gasteiger partial charge < -0.3 is 0 Å². The zero-order chi connectivity index (χ0) is 70.9. The first-order valence-electron chi connectivity index (χ1n) is 38.8. The second-order valence-corrected chi connectivity index (χ2v) is 33.2. The fraction of sp³-hybridized carbons (Fsp3) is 0.404. The summed E-state index contributed by atoms with van der Waals surface area (Å²) in [7, 11) is 5.26. The van der Waals surface area contributed by atoms with Gasteiger partial charge in [0.05, 0.1) is 33.8 Å². The molecule has 0 aliphatic heterocycles. The maximum absolute atomic E-state index is 4.84. The average molecular weight is 1780 g/mol. The molecule has 16 rings (SSSR count). The summed E-state index contributed by atoms with van der Waals surface area (Å²) in [5.41, 5.74) is 18.0. The maximum Gasteiger partial charge on any atom is 0.0967 e. The second kappa shape index (κ2) is 42.3. The minimum atomic E-state index is 0. The molecule has 0 bridgehead atoms. The van der Waals surface area contributed by atoms with E-state index in [9.17, 15) is 0 Å². The minimum absolute atomic E-state index is 0. The number of rotatable bonds is 13. The van der Waals surface area contributed by atoms with Crippen molar-refractivity contribution in [1.29, 1.82) is 0 Å². The zero-order valence-corrected chi connectivity index (χ0v) is 71.5. The molecule has 0 amide bonds. The molecule has 0 radical (unpaired) electrons. The molecular formula is C94H114N6OsP2Ru2. The van der Waals surface area contributed by atoms with Gasteiger partial charge in [-0.15, -0.1) is 18.5 Å². The Labute approximate surface area is 674 Å². The number of benzene rings is 5. The van der Waals surface area contributed by atoms with Crippen LogP contribution in [0.25, 0.3) is 44.6 Å². The third-order valence-electron chi connectivity index (χ3n) is 23.1. The Morgan fingerprint density at radius 3 is 0.981 bits per heavy atom. The van der Waals surface area contributed by atoms with Crippen molar-refractivity contribution in [2.45, 2.75) is 225 Å². The van der Waals surface area contributed by atoms with Crippen LogP contribution >= 0.6 is 18.5 Å². The van der Waals surface area contributed by atoms with Crippen LogP contribution in [0.15, 0.2) is 237 Å². The SMILES string of the molecule is CC1(Cc2ccc(-c3cc(CC4(C)CCCC4)ccn3)nc2)CCCC1.CC1(Cc2ccc(-c3ccccn3)nc2)CCCCC1.CC1(c2ccnc3c2ccc2c(C4(C)CCCCC4)ccnc23)CCCCC1.Pc1ccccc1.Pc1ccccc1.[Os].[Ru].[Ru].c1ccc(CCc2ccccc2)cc1. The maximum atomic E-state index is 4.84. The Bertz CT molecular complexity index is 4110. The molecule has 0 spiro atoms. The number of hydrogen-bond donors (Lipinski definition) is 0. The van der Waals surface area contributed by atoms with Crippen molar-refractivity contribution in [3.8, 4) is 22.8 Å². The fourth-order valence-corrected chi connectivity index (χ4v) is 17.5. The smallest absolute Gasteiger partial charge is 0.0967 e. The van der Waals surface area contributed by atoms with Crippen molar-refractivity contribution >= 4 is 50.9 Å². The summed E-state index contributed by atoms with van der Waals surface area (Å²) in [5, 5.41) is 5.11. The van der Waals surface area contributed by atoms with Crippen molar-refractivity contribution in [3.63, 3.8) is 0 Å². The Morgan fingerprint density at radius 2 is 0.619 bits per heavy atom. The summed E-state index contributed by atoms with van der Waals surface area (Å²) in [4.78, 5) is 28.0. The molecule has 5 aromatic carbocycles. The molecule has 0 saturated heterocycles. The van der Waals surface area contributed by atoms with Crippen LogP contribution in [-0.4, -0.2) is 29.9 Å². The van der Waals surface area contributed by atoms with Crippen LogP contribution < -0.4 is 10.6 Å². The first-order valence-corrected chi connectivity index (χ1v) is 39.9. The standard InChI is InChI=1S/C26H32N2.C24H32N2.C18H22N2.C14H14.2C6H7P.Os.2Ru/c1-25(13-5-3-6-14-25)21-11-17-27-23-19(21)9-10-20-22(12-18-28-24(20)23)26(2)15-7-4-8-16-26;1-23(10-3-4-11-23)16-19-9-14-25-22(15-19)21-8-7-20(18-26-21)17-24(2)12-5-6-13-24;1-18(10-4-2-5-11-18)13-15-8-9-17(20-14-15)16-7-3-6-12-19-16;1-3-7-13(8-4-1)11-12-14-9-5-2-6-10-14;2*7-6-4-2-1-3-5-6;;;/h9-12,17-18H,3-8,13-16H2,1-2H3;7-9,14-15,18H,3-6,10-13,16-17H2,1-2H3;3,6-9,12,14H,2,4-5,10-11,13H2,1H3;1-10H,11-12H2;2*1-5H,7H2;;;. The molecule has 2 unspecified atom stereocenters. The predicted octanol–water partition coefficient (Wildman–Crippen LogP) is 24.1. The third-order valence-corrected chi connectivity index (χ3v) is 23.8. The van der Waals surface area contributed by atoms with Crippen molar-refractivity contribution < 1.29 is 58.7 Å². The normalized spacial score (nSPS) is 16.9. The third kappa shape index (κ3) is 25.4. The summed E-state index contributed by atoms with van der Waals surface area (Å²) >= 11 is 0. The van der Waals surface area contributed by atoms with Gasteiger partial charge >= 0.3 is 0 Å². The summed E-state index contributed by atoms with van der Waals surface area (Å²) in [6.45, 7) is 12.2. The van der Waals surface area contributed by atoms with Gasteiger partial charge in [0.2, 0.25) is 0 Å². The van der Waals surface area contributed by atoms with Crippen molar-refractivity contribution in [2.24, 2.45) is 16.2 Å². The summed E-state index contributed by atoms with van der Waals surface area (Å²) in [6.07, 6.45) is 48.8. The second-order valence-electron chi connectivity index (χ2n) is 31.9. The number of hydrogen-bond acceptors (Lipinski definition) is 6. The van der Waals surface area contributed by atoms with Crippen LogP contribution in [0.5, 0.6) is 0 Å². The first-order chi connectivity index (χ1) is 49.6. The molecule has 0 N–H and O–H groups in total. The predicted molar refractivity (Wildman–Crippen MR) is 440 cm³/mol. The average Bonchev–Trinajstić information content (AvgIpc) is 1.19. The van der Waals surface area contributed by atoms with Gasteiger partial charge in [-0.05, 0) is 221 Å². The number of aryl methyl sites for hydroxylation is 2. The van der Waals surface area contributed by atoms with E-state index in [2.05, 4.69) is 196 Å². The van der Waals surface area contributed by atoms with E-state index in [1.807, 2.05) is 110 Å². The summed E-state index contributed by atoms with van der Waals surface area (Å²) < 4.78 is 0. The quantitative estimate of drug-likeness (QED) is 0.0650. The zero-order valence-electron chi connectivity index (χ0n) is 63.2. The van der Waals surface area contributed by atoms with Crippen molar-refractivity contribution in [1.82, 2.24) is 29.9 Å². The number of aromatic nitrogens is 6. The van der Waals surface area contributed by atoms with E-state index in [1.165, 1.54) is 214 Å². The Morgan fingerprint density at radius 1 is 0.286 bits per heavy atom. The van der Waals surface area contributed by atoms with Crippen molar-refractivity contribution in [3.05, 3.63) is 276 Å². The van der Waals surface area contributed by atoms with Crippen molar-refractivity contribution in [2.75, 3.05) is 0 Å². The molecule has 5 fully saturated rings. The van der Waals surface area contributed by atoms with Gasteiger partial charge in [-0.1, -0.05) is 270 Å². The van der Waals surface area contributed by atoms with E-state index in [-0.39, 0.29) is 69.6 Å². The van der Waals surface area contributed by atoms with Crippen LogP contribution in [0.3, 0.4) is 0 Å². The van der Waals surface area contributed by atoms with E-state index >= 15 is 0 Å². The van der Waals surface area contributed by atoms with Crippen LogP contribution in [0.4, 0.5) is 0 Å². The van der Waals surface area contributed by atoms with Gasteiger partial charge in [-0.3, -0.25) is 29.9 Å². The molecule has 5 aliphatic carbocycles. The van der Waals surface area contributed by atoms with E-state index < -0.39 is 0 Å². The molecule has 554 valence electrons. The fourth-order valence-electron chi connectivity index (χ4n) is 17.0. The largest absolute Gasteiger partial charge is 0.255 e. The molecule has 11 heteroatoms. The number of nitrogens with zero attached hydrogens (tertiary/aromatic N) is 6. The molecule has 6 heterocycles. The minimum Gasteiger partial charge on any atom is -0.255 e. The molecule has 11 aromatic rings. The monoisotopic (exact) mass is 1780 g/mol. The van der Waals surface area contributed by atoms with Crippen LogP contribution in [-0.2, 0) is 102 Å². The molecule has 5 saturated carbocycles. The van der Waals surface area contributed by atoms with Crippen LogP contribution in [0.1, 0.15) is 221 Å². The van der Waals surface area contributed by atoms with Gasteiger partial charge in [0.15, 0.2) is 0 Å². The number of pyridine rings is 6. The Hall–Kier alpha value is -5.74. The molecule has 2 atom stereocenters. The van der Waals surface area contributed by atoms with Crippen LogP contribution in [0, 0.1) is 16.2 Å². The molecule has 5 aliphatic rings. The Kier molecular flexibility index (Phi) is 34.2. The van der Waals surface area contributed by atoms with Gasteiger partial charge in [0, 0.05) is 107 Å². The van der Waals surface area contributed by atoms with E-state index in [0.717, 1.165) is 59.5 Å². The van der Waals surface area contributed by atoms with E-state index in [1.54, 1.807) is 0 Å². The number of fused-ring (bicyclic) bond motifs is 3.